The molecule has 23 heavy (non-hydrogen) atoms. The van der Waals surface area contributed by atoms with E-state index in [1.54, 1.807) is 38.1 Å². The zero-order valence-corrected chi connectivity index (χ0v) is 13.6. The Bertz CT molecular complexity index is 602. The predicted molar refractivity (Wildman–Crippen MR) is 85.2 cm³/mol. The van der Waals surface area contributed by atoms with Gasteiger partial charge in [-0.15, -0.1) is 0 Å². The third kappa shape index (κ3) is 5.64. The third-order valence-electron chi connectivity index (χ3n) is 2.71. The SMILES string of the molecule is CCOC(=O)C(N/C=C(\C#N)c1ccc(Cl)cc1)C(=O)OCC. The summed E-state index contributed by atoms with van der Waals surface area (Å²) in [6, 6.07) is 7.24. The molecule has 0 bridgehead atoms. The highest BCUT2D eigenvalue weighted by Gasteiger charge is 2.28. The first-order valence-corrected chi connectivity index (χ1v) is 7.36. The van der Waals surface area contributed by atoms with Crippen molar-refractivity contribution in [1.82, 2.24) is 5.32 Å². The van der Waals surface area contributed by atoms with Gasteiger partial charge in [0.1, 0.15) is 6.07 Å². The molecule has 0 spiro atoms. The number of nitriles is 1. The van der Waals surface area contributed by atoms with Gasteiger partial charge in [-0.2, -0.15) is 5.26 Å². The van der Waals surface area contributed by atoms with E-state index in [-0.39, 0.29) is 18.8 Å². The smallest absolute Gasteiger partial charge is 0.340 e. The molecule has 0 atom stereocenters. The van der Waals surface area contributed by atoms with Gasteiger partial charge in [-0.3, -0.25) is 0 Å². The van der Waals surface area contributed by atoms with Gasteiger partial charge < -0.3 is 14.8 Å². The van der Waals surface area contributed by atoms with Gasteiger partial charge in [0.2, 0.25) is 6.04 Å². The molecule has 1 N–H and O–H groups in total. The molecule has 0 saturated heterocycles. The fourth-order valence-electron chi connectivity index (χ4n) is 1.66. The number of carbonyl (C=O) groups excluding carboxylic acids is 2. The van der Waals surface area contributed by atoms with Crippen molar-refractivity contribution in [3.8, 4) is 6.07 Å². The largest absolute Gasteiger partial charge is 0.464 e. The number of esters is 2. The van der Waals surface area contributed by atoms with E-state index in [1.165, 1.54) is 6.20 Å². The fraction of sp³-hybridized carbons (Fsp3) is 0.312. The van der Waals surface area contributed by atoms with Crippen molar-refractivity contribution in [3.05, 3.63) is 41.1 Å². The van der Waals surface area contributed by atoms with Gasteiger partial charge in [-0.25, -0.2) is 9.59 Å². The van der Waals surface area contributed by atoms with Crippen molar-refractivity contribution in [2.45, 2.75) is 19.9 Å². The lowest BCUT2D eigenvalue weighted by Crippen LogP contribution is -2.43. The molecule has 0 heterocycles. The molecular formula is C16H17ClN2O4. The number of carbonyl (C=O) groups is 2. The highest BCUT2D eigenvalue weighted by molar-refractivity contribution is 6.30. The number of halogens is 1. The van der Waals surface area contributed by atoms with Crippen LogP contribution in [-0.4, -0.2) is 31.2 Å². The predicted octanol–water partition coefficient (Wildman–Crippen LogP) is 2.29. The molecule has 0 saturated carbocycles. The van der Waals surface area contributed by atoms with E-state index in [0.29, 0.717) is 10.6 Å². The second-order valence-electron chi connectivity index (χ2n) is 4.28. The lowest BCUT2D eigenvalue weighted by molar-refractivity contribution is -0.157. The van der Waals surface area contributed by atoms with E-state index in [4.69, 9.17) is 21.1 Å². The quantitative estimate of drug-likeness (QED) is 0.467. The van der Waals surface area contributed by atoms with Crippen LogP contribution in [0.25, 0.3) is 5.57 Å². The fourth-order valence-corrected chi connectivity index (χ4v) is 1.79. The van der Waals surface area contributed by atoms with Crippen LogP contribution in [0.2, 0.25) is 5.02 Å². The van der Waals surface area contributed by atoms with Crippen molar-refractivity contribution in [1.29, 1.82) is 5.26 Å². The summed E-state index contributed by atoms with van der Waals surface area (Å²) in [4.78, 5) is 23.7. The zero-order valence-electron chi connectivity index (χ0n) is 12.8. The summed E-state index contributed by atoms with van der Waals surface area (Å²) in [5.41, 5.74) is 0.830. The number of hydrogen-bond acceptors (Lipinski definition) is 6. The van der Waals surface area contributed by atoms with Crippen LogP contribution in [0.3, 0.4) is 0 Å². The first-order valence-electron chi connectivity index (χ1n) is 6.99. The lowest BCUT2D eigenvalue weighted by Gasteiger charge is -2.14. The molecule has 0 fully saturated rings. The summed E-state index contributed by atoms with van der Waals surface area (Å²) in [5.74, 6) is -1.54. The zero-order chi connectivity index (χ0) is 17.2. The van der Waals surface area contributed by atoms with Gasteiger partial charge in [-0.05, 0) is 31.5 Å². The summed E-state index contributed by atoms with van der Waals surface area (Å²) < 4.78 is 9.65. The Morgan fingerprint density at radius 2 is 1.74 bits per heavy atom. The van der Waals surface area contributed by atoms with Crippen molar-refractivity contribution in [2.24, 2.45) is 0 Å². The van der Waals surface area contributed by atoms with E-state index >= 15 is 0 Å². The van der Waals surface area contributed by atoms with Crippen LogP contribution in [0.1, 0.15) is 19.4 Å². The molecule has 0 aromatic heterocycles. The molecule has 122 valence electrons. The Balaban J connectivity index is 2.96. The molecule has 6 nitrogen and oxygen atoms in total. The molecule has 1 aromatic rings. The van der Waals surface area contributed by atoms with Crippen LogP contribution in [0.15, 0.2) is 30.5 Å². The first kappa shape index (κ1) is 18.5. The van der Waals surface area contributed by atoms with Crippen molar-refractivity contribution in [3.63, 3.8) is 0 Å². The van der Waals surface area contributed by atoms with E-state index in [9.17, 15) is 14.9 Å². The van der Waals surface area contributed by atoms with Crippen LogP contribution in [0.4, 0.5) is 0 Å². The normalized spacial score (nSPS) is 10.8. The summed E-state index contributed by atoms with van der Waals surface area (Å²) in [6.45, 7) is 3.51. The highest BCUT2D eigenvalue weighted by atomic mass is 35.5. The highest BCUT2D eigenvalue weighted by Crippen LogP contribution is 2.16. The molecule has 0 radical (unpaired) electrons. The standard InChI is InChI=1S/C16H17ClN2O4/c1-3-22-15(20)14(16(21)23-4-2)19-10-12(9-18)11-5-7-13(17)8-6-11/h5-8,10,14,19H,3-4H2,1-2H3/b12-10+. The van der Waals surface area contributed by atoms with Crippen LogP contribution in [0.5, 0.6) is 0 Å². The third-order valence-corrected chi connectivity index (χ3v) is 2.97. The van der Waals surface area contributed by atoms with Crippen LogP contribution >= 0.6 is 11.6 Å². The second-order valence-corrected chi connectivity index (χ2v) is 4.72. The minimum absolute atomic E-state index is 0.127. The topological polar surface area (TPSA) is 88.4 Å². The maximum atomic E-state index is 11.8. The number of nitrogens with zero attached hydrogens (tertiary/aromatic N) is 1. The first-order chi connectivity index (χ1) is 11.0. The van der Waals surface area contributed by atoms with E-state index < -0.39 is 18.0 Å². The number of ether oxygens (including phenoxy) is 2. The van der Waals surface area contributed by atoms with Crippen molar-refractivity contribution in [2.75, 3.05) is 13.2 Å². The Morgan fingerprint density at radius 1 is 1.22 bits per heavy atom. The van der Waals surface area contributed by atoms with Gasteiger partial charge in [0.25, 0.3) is 0 Å². The van der Waals surface area contributed by atoms with Gasteiger partial charge in [0, 0.05) is 11.2 Å². The Kier molecular flexibility index (Phi) is 7.64. The average Bonchev–Trinajstić information content (AvgIpc) is 2.53. The average molecular weight is 337 g/mol. The maximum absolute atomic E-state index is 11.8. The number of allylic oxidation sites excluding steroid dienone is 1. The molecule has 0 aliphatic heterocycles. The lowest BCUT2D eigenvalue weighted by atomic mass is 10.1. The van der Waals surface area contributed by atoms with Crippen LogP contribution in [-0.2, 0) is 19.1 Å². The molecule has 1 aromatic carbocycles. The second kappa shape index (κ2) is 9.49. The van der Waals surface area contributed by atoms with Gasteiger partial charge in [-0.1, -0.05) is 23.7 Å². The summed E-state index contributed by atoms with van der Waals surface area (Å²) in [6.07, 6.45) is 1.28. The summed E-state index contributed by atoms with van der Waals surface area (Å²) >= 11 is 5.80. The van der Waals surface area contributed by atoms with E-state index in [0.717, 1.165) is 0 Å². The van der Waals surface area contributed by atoms with Crippen LogP contribution in [0, 0.1) is 11.3 Å². The molecule has 7 heteroatoms. The Morgan fingerprint density at radius 3 is 2.17 bits per heavy atom. The number of rotatable bonds is 7. The minimum atomic E-state index is -1.33. The number of benzene rings is 1. The monoisotopic (exact) mass is 336 g/mol. The van der Waals surface area contributed by atoms with Gasteiger partial charge in [0.05, 0.1) is 18.8 Å². The van der Waals surface area contributed by atoms with E-state index in [1.807, 2.05) is 6.07 Å². The minimum Gasteiger partial charge on any atom is -0.464 e. The van der Waals surface area contributed by atoms with Crippen LogP contribution < -0.4 is 5.32 Å². The molecule has 0 amide bonds. The maximum Gasteiger partial charge on any atom is 0.340 e. The van der Waals surface area contributed by atoms with Gasteiger partial charge in [0.15, 0.2) is 0 Å². The molecule has 0 aliphatic rings. The molecular weight excluding hydrogens is 320 g/mol. The van der Waals surface area contributed by atoms with Gasteiger partial charge >= 0.3 is 11.9 Å². The molecule has 0 unspecified atom stereocenters. The van der Waals surface area contributed by atoms with E-state index in [2.05, 4.69) is 5.32 Å². The van der Waals surface area contributed by atoms with Crippen molar-refractivity contribution < 1.29 is 19.1 Å². The molecule has 1 rings (SSSR count). The molecule has 0 aliphatic carbocycles. The van der Waals surface area contributed by atoms with Crippen molar-refractivity contribution >= 4 is 29.1 Å². The number of hydrogen-bond donors (Lipinski definition) is 1. The Labute approximate surface area is 139 Å². The summed E-state index contributed by atoms with van der Waals surface area (Å²) in [5, 5.41) is 12.3. The number of nitrogens with one attached hydrogen (secondary N) is 1. The summed E-state index contributed by atoms with van der Waals surface area (Å²) in [7, 11) is 0. The Hall–Kier alpha value is -2.52.